The molecular weight excluding hydrogens is 254 g/mol. The van der Waals surface area contributed by atoms with E-state index in [1.165, 1.54) is 16.2 Å². The normalized spacial score (nSPS) is 10.6. The fourth-order valence-electron chi connectivity index (χ4n) is 1.55. The topological polar surface area (TPSA) is 92.7 Å². The Morgan fingerprint density at radius 3 is 2.72 bits per heavy atom. The molecule has 2 N–H and O–H groups in total. The molecule has 0 aliphatic heterocycles. The number of anilines is 1. The molecule has 2 aromatic heterocycles. The zero-order chi connectivity index (χ0) is 13.3. The van der Waals surface area contributed by atoms with E-state index < -0.39 is 0 Å². The van der Waals surface area contributed by atoms with Crippen molar-refractivity contribution in [3.8, 4) is 0 Å². The summed E-state index contributed by atoms with van der Waals surface area (Å²) in [5.41, 5.74) is 1.04. The first-order valence-electron chi connectivity index (χ1n) is 5.34. The van der Waals surface area contributed by atoms with E-state index >= 15 is 0 Å². The standard InChI is InChI=1S/C10H13N5O2S/c1-5-6(2)10(17)15(13-8(5)16)4-7-9(11-3)18-14-12-7/h11H,4H2,1-3H3,(H,13,16). The van der Waals surface area contributed by atoms with Gasteiger partial charge in [0.2, 0.25) is 0 Å². The number of aromatic nitrogens is 4. The van der Waals surface area contributed by atoms with Gasteiger partial charge in [-0.15, -0.1) is 5.10 Å². The third-order valence-corrected chi connectivity index (χ3v) is 3.58. The van der Waals surface area contributed by atoms with Gasteiger partial charge in [-0.25, -0.2) is 4.68 Å². The van der Waals surface area contributed by atoms with Gasteiger partial charge in [-0.3, -0.25) is 14.7 Å². The second-order valence-corrected chi connectivity index (χ2v) is 4.64. The summed E-state index contributed by atoms with van der Waals surface area (Å²) in [6, 6.07) is 0. The van der Waals surface area contributed by atoms with Crippen LogP contribution in [0.15, 0.2) is 9.59 Å². The Labute approximate surface area is 107 Å². The van der Waals surface area contributed by atoms with Crippen molar-refractivity contribution in [3.05, 3.63) is 37.5 Å². The molecule has 0 fully saturated rings. The van der Waals surface area contributed by atoms with Crippen molar-refractivity contribution in [1.29, 1.82) is 0 Å². The average Bonchev–Trinajstić information content (AvgIpc) is 2.80. The predicted molar refractivity (Wildman–Crippen MR) is 69.4 cm³/mol. The molecule has 0 atom stereocenters. The van der Waals surface area contributed by atoms with E-state index in [0.29, 0.717) is 16.8 Å². The van der Waals surface area contributed by atoms with Gasteiger partial charge in [0.1, 0.15) is 10.7 Å². The highest BCUT2D eigenvalue weighted by Gasteiger charge is 2.11. The molecule has 0 spiro atoms. The maximum absolute atomic E-state index is 12.0. The van der Waals surface area contributed by atoms with Crippen LogP contribution in [0.2, 0.25) is 0 Å². The van der Waals surface area contributed by atoms with Gasteiger partial charge in [-0.1, -0.05) is 4.49 Å². The van der Waals surface area contributed by atoms with E-state index in [0.717, 1.165) is 5.00 Å². The molecule has 2 rings (SSSR count). The Kier molecular flexibility index (Phi) is 3.28. The quantitative estimate of drug-likeness (QED) is 0.822. The van der Waals surface area contributed by atoms with Gasteiger partial charge in [0.15, 0.2) is 0 Å². The zero-order valence-electron chi connectivity index (χ0n) is 10.3. The van der Waals surface area contributed by atoms with Gasteiger partial charge >= 0.3 is 0 Å². The van der Waals surface area contributed by atoms with E-state index in [1.807, 2.05) is 0 Å². The third-order valence-electron chi connectivity index (χ3n) is 2.80. The monoisotopic (exact) mass is 267 g/mol. The van der Waals surface area contributed by atoms with Crippen molar-refractivity contribution in [2.45, 2.75) is 20.4 Å². The molecule has 0 bridgehead atoms. The molecule has 0 saturated heterocycles. The molecule has 0 amide bonds. The lowest BCUT2D eigenvalue weighted by atomic mass is 10.2. The van der Waals surface area contributed by atoms with E-state index in [9.17, 15) is 9.59 Å². The minimum absolute atomic E-state index is 0.196. The minimum Gasteiger partial charge on any atom is -0.377 e. The van der Waals surface area contributed by atoms with Crippen molar-refractivity contribution in [3.63, 3.8) is 0 Å². The molecule has 0 unspecified atom stereocenters. The molecular formula is C10H13N5O2S. The predicted octanol–water partition coefficient (Wildman–Crippen LogP) is 0.0949. The average molecular weight is 267 g/mol. The van der Waals surface area contributed by atoms with Crippen LogP contribution in [0.1, 0.15) is 16.8 Å². The number of rotatable bonds is 3. The van der Waals surface area contributed by atoms with Crippen LogP contribution in [-0.4, -0.2) is 26.4 Å². The number of hydrogen-bond donors (Lipinski definition) is 2. The number of nitrogens with zero attached hydrogens (tertiary/aromatic N) is 3. The van der Waals surface area contributed by atoms with Crippen LogP contribution in [0.5, 0.6) is 0 Å². The number of nitrogens with one attached hydrogen (secondary N) is 2. The minimum atomic E-state index is -0.263. The molecule has 0 saturated carbocycles. The Balaban J connectivity index is 2.48. The van der Waals surface area contributed by atoms with Crippen LogP contribution < -0.4 is 16.4 Å². The second-order valence-electron chi connectivity index (χ2n) is 3.88. The molecule has 0 aromatic carbocycles. The summed E-state index contributed by atoms with van der Waals surface area (Å²) < 4.78 is 5.06. The number of hydrogen-bond acceptors (Lipinski definition) is 6. The van der Waals surface area contributed by atoms with E-state index in [-0.39, 0.29) is 17.7 Å². The van der Waals surface area contributed by atoms with Crippen LogP contribution in [0.3, 0.4) is 0 Å². The first kappa shape index (κ1) is 12.5. The van der Waals surface area contributed by atoms with Crippen molar-refractivity contribution in [2.24, 2.45) is 0 Å². The fourth-order valence-corrected chi connectivity index (χ4v) is 2.08. The van der Waals surface area contributed by atoms with Crippen LogP contribution in [0.4, 0.5) is 5.00 Å². The maximum Gasteiger partial charge on any atom is 0.268 e. The molecule has 7 nitrogen and oxygen atoms in total. The summed E-state index contributed by atoms with van der Waals surface area (Å²) in [5.74, 6) is 0. The Hall–Kier alpha value is -1.96. The summed E-state index contributed by atoms with van der Waals surface area (Å²) in [4.78, 5) is 23.6. The summed E-state index contributed by atoms with van der Waals surface area (Å²) in [5, 5.41) is 10.2. The smallest absolute Gasteiger partial charge is 0.268 e. The van der Waals surface area contributed by atoms with Gasteiger partial charge in [0, 0.05) is 29.7 Å². The zero-order valence-corrected chi connectivity index (χ0v) is 11.1. The number of H-pyrrole nitrogens is 1. The van der Waals surface area contributed by atoms with Crippen molar-refractivity contribution in [1.82, 2.24) is 19.4 Å². The van der Waals surface area contributed by atoms with Crippen LogP contribution in [0.25, 0.3) is 0 Å². The maximum atomic E-state index is 12.0. The lowest BCUT2D eigenvalue weighted by Gasteiger charge is -2.07. The highest BCUT2D eigenvalue weighted by molar-refractivity contribution is 7.10. The summed E-state index contributed by atoms with van der Waals surface area (Å²) in [6.45, 7) is 3.47. The molecule has 0 aliphatic rings. The van der Waals surface area contributed by atoms with Crippen molar-refractivity contribution in [2.75, 3.05) is 12.4 Å². The summed E-state index contributed by atoms with van der Waals surface area (Å²) in [7, 11) is 1.75. The lowest BCUT2D eigenvalue weighted by Crippen LogP contribution is -2.33. The van der Waals surface area contributed by atoms with Gasteiger partial charge < -0.3 is 5.32 Å². The van der Waals surface area contributed by atoms with E-state index in [4.69, 9.17) is 0 Å². The molecule has 0 aliphatic carbocycles. The van der Waals surface area contributed by atoms with Gasteiger partial charge in [0.25, 0.3) is 11.1 Å². The molecule has 2 aromatic rings. The number of aromatic amines is 1. The SMILES string of the molecule is CNc1snnc1Cn1[nH]c(=O)c(C)c(C)c1=O. The fraction of sp³-hybridized carbons (Fsp3) is 0.400. The van der Waals surface area contributed by atoms with Gasteiger partial charge in [-0.05, 0) is 13.8 Å². The van der Waals surface area contributed by atoms with E-state index in [2.05, 4.69) is 20.0 Å². The Morgan fingerprint density at radius 2 is 2.06 bits per heavy atom. The highest BCUT2D eigenvalue weighted by atomic mass is 32.1. The van der Waals surface area contributed by atoms with Crippen molar-refractivity contribution >= 4 is 16.5 Å². The van der Waals surface area contributed by atoms with Crippen LogP contribution >= 0.6 is 11.5 Å². The first-order chi connectivity index (χ1) is 8.54. The Bertz CT molecular complexity index is 684. The largest absolute Gasteiger partial charge is 0.377 e. The van der Waals surface area contributed by atoms with Gasteiger partial charge in [-0.2, -0.15) is 0 Å². The summed E-state index contributed by atoms with van der Waals surface area (Å²) in [6.07, 6.45) is 0. The van der Waals surface area contributed by atoms with E-state index in [1.54, 1.807) is 20.9 Å². The molecule has 2 heterocycles. The third kappa shape index (κ3) is 2.06. The van der Waals surface area contributed by atoms with Crippen molar-refractivity contribution < 1.29 is 0 Å². The van der Waals surface area contributed by atoms with Crippen LogP contribution in [0, 0.1) is 13.8 Å². The summed E-state index contributed by atoms with van der Waals surface area (Å²) >= 11 is 1.21. The Morgan fingerprint density at radius 1 is 1.33 bits per heavy atom. The molecule has 96 valence electrons. The highest BCUT2D eigenvalue weighted by Crippen LogP contribution is 2.16. The lowest BCUT2D eigenvalue weighted by molar-refractivity contribution is 0.608. The molecule has 0 radical (unpaired) electrons. The molecule has 8 heteroatoms. The first-order valence-corrected chi connectivity index (χ1v) is 6.11. The molecule has 18 heavy (non-hydrogen) atoms. The van der Waals surface area contributed by atoms with Crippen LogP contribution in [-0.2, 0) is 6.54 Å². The second kappa shape index (κ2) is 4.73. The van der Waals surface area contributed by atoms with Gasteiger partial charge in [0.05, 0.1) is 6.54 Å².